The van der Waals surface area contributed by atoms with E-state index in [1.54, 1.807) is 16.2 Å². The highest BCUT2D eigenvalue weighted by Crippen LogP contribution is 2.34. The first-order valence-electron chi connectivity index (χ1n) is 17.4. The topological polar surface area (TPSA) is 97.3 Å². The van der Waals surface area contributed by atoms with Gasteiger partial charge in [0, 0.05) is 49.3 Å². The van der Waals surface area contributed by atoms with Crippen LogP contribution in [-0.2, 0) is 16.0 Å². The summed E-state index contributed by atoms with van der Waals surface area (Å²) in [6.45, 7) is 4.72. The summed E-state index contributed by atoms with van der Waals surface area (Å²) < 4.78 is 1.19. The molecule has 242 valence electrons. The van der Waals surface area contributed by atoms with Crippen molar-refractivity contribution in [1.82, 2.24) is 25.3 Å². The van der Waals surface area contributed by atoms with Crippen LogP contribution in [0.2, 0.25) is 0 Å². The standard InChI is InChI=1S/C35H48N6O3S/c42-32(40-19-13-27(14-20-40)39-17-7-2-8-18-39)29(23-26-24-45-30-12-6-5-11-28(26)30)36-34(44)41-21-15-35(16-22-41)33(43)37-31(38-35)25-9-3-1-4-10-25/h5-6,11-12,24-25,27,29H,1-4,7-10,13-23H2,(H,36,44)(H,37,38,43)/t29-/m1/s1. The molecule has 7 rings (SSSR count). The molecule has 0 radical (unpaired) electrons. The van der Waals surface area contributed by atoms with Gasteiger partial charge in [0.15, 0.2) is 0 Å². The summed E-state index contributed by atoms with van der Waals surface area (Å²) in [5.74, 6) is 1.23. The molecule has 1 aromatic heterocycles. The molecule has 4 amide bonds. The number of hydrogen-bond donors (Lipinski definition) is 2. The Labute approximate surface area is 270 Å². The average Bonchev–Trinajstić information content (AvgIpc) is 3.65. The molecule has 2 aromatic rings. The molecule has 3 saturated heterocycles. The Morgan fingerprint density at radius 1 is 0.911 bits per heavy atom. The van der Waals surface area contributed by atoms with Crippen LogP contribution in [-0.4, -0.2) is 95.3 Å². The number of likely N-dealkylation sites (tertiary alicyclic amines) is 3. The molecule has 4 fully saturated rings. The van der Waals surface area contributed by atoms with Crippen molar-refractivity contribution in [3.63, 3.8) is 0 Å². The van der Waals surface area contributed by atoms with Crippen molar-refractivity contribution in [3.8, 4) is 0 Å². The quantitative estimate of drug-likeness (QED) is 0.472. The van der Waals surface area contributed by atoms with Crippen LogP contribution in [0.5, 0.6) is 0 Å². The minimum Gasteiger partial charge on any atom is -0.341 e. The number of carbonyl (C=O) groups excluding carboxylic acids is 3. The van der Waals surface area contributed by atoms with Gasteiger partial charge in [-0.1, -0.05) is 43.9 Å². The number of piperidine rings is 3. The van der Waals surface area contributed by atoms with Crippen molar-refractivity contribution in [2.75, 3.05) is 39.3 Å². The van der Waals surface area contributed by atoms with Crippen LogP contribution in [0.15, 0.2) is 34.6 Å². The van der Waals surface area contributed by atoms with Crippen LogP contribution < -0.4 is 10.6 Å². The Morgan fingerprint density at radius 3 is 2.38 bits per heavy atom. The molecule has 5 aliphatic rings. The van der Waals surface area contributed by atoms with Crippen LogP contribution in [0.3, 0.4) is 0 Å². The van der Waals surface area contributed by atoms with Crippen LogP contribution >= 0.6 is 11.3 Å². The molecular weight excluding hydrogens is 584 g/mol. The van der Waals surface area contributed by atoms with Gasteiger partial charge in [-0.2, -0.15) is 0 Å². The maximum Gasteiger partial charge on any atom is 0.318 e. The number of nitrogens with zero attached hydrogens (tertiary/aromatic N) is 4. The summed E-state index contributed by atoms with van der Waals surface area (Å²) in [5, 5.41) is 9.56. The maximum absolute atomic E-state index is 14.1. The second-order valence-corrected chi connectivity index (χ2v) is 14.8. The number of amidine groups is 1. The highest BCUT2D eigenvalue weighted by molar-refractivity contribution is 7.17. The van der Waals surface area contributed by atoms with Gasteiger partial charge in [0.05, 0.1) is 0 Å². The van der Waals surface area contributed by atoms with Gasteiger partial charge in [0.1, 0.15) is 17.4 Å². The first kappa shape index (κ1) is 30.7. The molecule has 2 N–H and O–H groups in total. The van der Waals surface area contributed by atoms with Gasteiger partial charge in [-0.05, 0) is 86.9 Å². The van der Waals surface area contributed by atoms with Gasteiger partial charge in [-0.15, -0.1) is 11.3 Å². The predicted molar refractivity (Wildman–Crippen MR) is 179 cm³/mol. The van der Waals surface area contributed by atoms with E-state index >= 15 is 0 Å². The summed E-state index contributed by atoms with van der Waals surface area (Å²) in [5.41, 5.74) is 0.342. The van der Waals surface area contributed by atoms with Crippen molar-refractivity contribution in [1.29, 1.82) is 0 Å². The van der Waals surface area contributed by atoms with Crippen molar-refractivity contribution >= 4 is 45.1 Å². The van der Waals surface area contributed by atoms with E-state index in [0.29, 0.717) is 44.3 Å². The zero-order valence-electron chi connectivity index (χ0n) is 26.5. The SMILES string of the molecule is O=C(N[C@H](Cc1csc2ccccc12)C(=O)N1CCC(N2CCCCC2)CC1)N1CCC2(CC1)N=C(C1CCCCC1)NC2=O. The number of rotatable bonds is 6. The first-order valence-corrected chi connectivity index (χ1v) is 18.3. The summed E-state index contributed by atoms with van der Waals surface area (Å²) in [4.78, 5) is 52.4. The summed E-state index contributed by atoms with van der Waals surface area (Å²) >= 11 is 1.68. The van der Waals surface area contributed by atoms with Crippen LogP contribution in [0.25, 0.3) is 10.1 Å². The Bertz CT molecular complexity index is 1410. The van der Waals surface area contributed by atoms with Crippen molar-refractivity contribution in [2.24, 2.45) is 10.9 Å². The number of hydrogen-bond acceptors (Lipinski definition) is 6. The fraction of sp³-hybridized carbons (Fsp3) is 0.657. The van der Waals surface area contributed by atoms with Crippen molar-refractivity contribution < 1.29 is 14.4 Å². The lowest BCUT2D eigenvalue weighted by Gasteiger charge is -2.41. The van der Waals surface area contributed by atoms with Gasteiger partial charge in [-0.3, -0.25) is 14.6 Å². The van der Waals surface area contributed by atoms with Crippen LogP contribution in [0, 0.1) is 5.92 Å². The summed E-state index contributed by atoms with van der Waals surface area (Å²) in [6, 6.07) is 7.98. The molecule has 10 heteroatoms. The van der Waals surface area contributed by atoms with E-state index in [1.807, 2.05) is 17.0 Å². The number of nitrogens with one attached hydrogen (secondary N) is 2. The van der Waals surface area contributed by atoms with Gasteiger partial charge < -0.3 is 25.3 Å². The molecule has 5 heterocycles. The van der Waals surface area contributed by atoms with E-state index in [4.69, 9.17) is 4.99 Å². The zero-order chi connectivity index (χ0) is 30.8. The van der Waals surface area contributed by atoms with Gasteiger partial charge >= 0.3 is 6.03 Å². The monoisotopic (exact) mass is 632 g/mol. The van der Waals surface area contributed by atoms with Gasteiger partial charge in [0.2, 0.25) is 5.91 Å². The van der Waals surface area contributed by atoms with Gasteiger partial charge in [-0.25, -0.2) is 4.79 Å². The molecule has 1 spiro atoms. The lowest BCUT2D eigenvalue weighted by atomic mass is 9.87. The molecule has 0 bridgehead atoms. The molecule has 1 aromatic carbocycles. The van der Waals surface area contributed by atoms with Gasteiger partial charge in [0.25, 0.3) is 5.91 Å². The van der Waals surface area contributed by atoms with E-state index in [-0.39, 0.29) is 17.8 Å². The molecule has 1 atom stereocenters. The molecule has 4 aliphatic heterocycles. The van der Waals surface area contributed by atoms with Crippen molar-refractivity contribution in [3.05, 3.63) is 35.2 Å². The van der Waals surface area contributed by atoms with Crippen LogP contribution in [0.1, 0.15) is 82.6 Å². The van der Waals surface area contributed by atoms with E-state index in [0.717, 1.165) is 55.6 Å². The Morgan fingerprint density at radius 2 is 1.62 bits per heavy atom. The summed E-state index contributed by atoms with van der Waals surface area (Å²) in [6.07, 6.45) is 13.2. The number of urea groups is 1. The van der Waals surface area contributed by atoms with Crippen molar-refractivity contribution in [2.45, 2.75) is 101 Å². The number of aliphatic imine (C=N–C) groups is 1. The lowest BCUT2D eigenvalue weighted by Crippen LogP contribution is -2.58. The third-order valence-corrected chi connectivity index (χ3v) is 12.1. The maximum atomic E-state index is 14.1. The van der Waals surface area contributed by atoms with E-state index in [1.165, 1.54) is 56.3 Å². The third-order valence-electron chi connectivity index (χ3n) is 11.1. The number of carbonyl (C=O) groups is 3. The Hall–Kier alpha value is -2.98. The smallest absolute Gasteiger partial charge is 0.318 e. The first-order chi connectivity index (χ1) is 22.0. The predicted octanol–water partition coefficient (Wildman–Crippen LogP) is 4.94. The number of fused-ring (bicyclic) bond motifs is 1. The number of thiophene rings is 1. The lowest BCUT2D eigenvalue weighted by molar-refractivity contribution is -0.134. The molecule has 45 heavy (non-hydrogen) atoms. The number of amides is 4. The highest BCUT2D eigenvalue weighted by atomic mass is 32.1. The normalized spacial score (nSPS) is 24.1. The Kier molecular flexibility index (Phi) is 9.13. The second-order valence-electron chi connectivity index (χ2n) is 13.9. The molecule has 1 aliphatic carbocycles. The molecule has 0 unspecified atom stereocenters. The number of benzene rings is 1. The Balaban J connectivity index is 1.02. The molecule has 9 nitrogen and oxygen atoms in total. The van der Waals surface area contributed by atoms with E-state index in [2.05, 4.69) is 33.0 Å². The molecule has 1 saturated carbocycles. The van der Waals surface area contributed by atoms with E-state index in [9.17, 15) is 14.4 Å². The van der Waals surface area contributed by atoms with E-state index < -0.39 is 11.6 Å². The minimum atomic E-state index is -0.757. The highest BCUT2D eigenvalue weighted by Gasteiger charge is 2.47. The fourth-order valence-corrected chi connectivity index (χ4v) is 9.31. The fourth-order valence-electron chi connectivity index (χ4n) is 8.34. The largest absolute Gasteiger partial charge is 0.341 e. The summed E-state index contributed by atoms with van der Waals surface area (Å²) in [7, 11) is 0. The average molecular weight is 633 g/mol. The molecular formula is C35H48N6O3S. The van der Waals surface area contributed by atoms with Crippen LogP contribution in [0.4, 0.5) is 4.79 Å². The third kappa shape index (κ3) is 6.50. The second kappa shape index (κ2) is 13.4. The zero-order valence-corrected chi connectivity index (χ0v) is 27.3. The minimum absolute atomic E-state index is 0.00604.